The van der Waals surface area contributed by atoms with Crippen molar-refractivity contribution in [1.29, 1.82) is 0 Å². The van der Waals surface area contributed by atoms with Crippen molar-refractivity contribution < 1.29 is 9.15 Å². The molecule has 134 valence electrons. The van der Waals surface area contributed by atoms with Crippen molar-refractivity contribution in [1.82, 2.24) is 19.7 Å². The van der Waals surface area contributed by atoms with Crippen molar-refractivity contribution in [2.24, 2.45) is 0 Å². The second-order valence-electron chi connectivity index (χ2n) is 7.29. The number of rotatable bonds is 7. The minimum Gasteiger partial charge on any atom is -0.421 e. The van der Waals surface area contributed by atoms with Crippen LogP contribution in [-0.4, -0.2) is 41.5 Å². The van der Waals surface area contributed by atoms with Crippen LogP contribution in [0.5, 0.6) is 0 Å². The molecule has 0 saturated heterocycles. The summed E-state index contributed by atoms with van der Waals surface area (Å²) in [5.41, 5.74) is 2.60. The van der Waals surface area contributed by atoms with Crippen LogP contribution in [0.1, 0.15) is 5.89 Å². The zero-order chi connectivity index (χ0) is 18.0. The third-order valence-electron chi connectivity index (χ3n) is 4.02. The zero-order valence-electron chi connectivity index (χ0n) is 15.5. The van der Waals surface area contributed by atoms with E-state index in [4.69, 9.17) is 9.15 Å². The van der Waals surface area contributed by atoms with E-state index in [9.17, 15) is 0 Å². The molecule has 0 saturated carbocycles. The average Bonchev–Trinajstić information content (AvgIpc) is 3.16. The van der Waals surface area contributed by atoms with E-state index in [1.807, 2.05) is 23.9 Å². The maximum absolute atomic E-state index is 5.85. The fourth-order valence-electron chi connectivity index (χ4n) is 2.62. The molecule has 0 aliphatic heterocycles. The van der Waals surface area contributed by atoms with Gasteiger partial charge in [-0.3, -0.25) is 0 Å². The first-order chi connectivity index (χ1) is 11.9. The summed E-state index contributed by atoms with van der Waals surface area (Å²) in [7, 11) is 0.804. The van der Waals surface area contributed by atoms with Crippen molar-refractivity contribution in [2.45, 2.75) is 39.3 Å². The zero-order valence-corrected chi connectivity index (χ0v) is 16.5. The normalized spacial score (nSPS) is 12.0. The van der Waals surface area contributed by atoms with Crippen molar-refractivity contribution >= 4 is 24.8 Å². The van der Waals surface area contributed by atoms with E-state index in [2.05, 4.69) is 40.1 Å². The van der Waals surface area contributed by atoms with Crippen LogP contribution in [0.3, 0.4) is 0 Å². The maximum atomic E-state index is 5.85. The third-order valence-corrected chi connectivity index (χ3v) is 5.73. The summed E-state index contributed by atoms with van der Waals surface area (Å²) in [6.45, 7) is 10.1. The van der Waals surface area contributed by atoms with Crippen LogP contribution in [0.25, 0.3) is 22.5 Å². The van der Waals surface area contributed by atoms with Crippen LogP contribution in [0.2, 0.25) is 25.7 Å². The van der Waals surface area contributed by atoms with E-state index in [1.54, 1.807) is 13.1 Å². The number of aromatic nitrogens is 4. The van der Waals surface area contributed by atoms with Gasteiger partial charge >= 0.3 is 0 Å². The Kier molecular flexibility index (Phi) is 4.91. The van der Waals surface area contributed by atoms with Crippen LogP contribution in [-0.2, 0) is 11.5 Å². The predicted molar refractivity (Wildman–Crippen MR) is 101 cm³/mol. The molecule has 0 aliphatic rings. The molecule has 0 spiro atoms. The Labute approximate surface area is 148 Å². The SMILES string of the molecule is CNc1c(-c2nnc(C)o2)cnc2c1ccn2COCC[Si](C)(C)C. The highest BCUT2D eigenvalue weighted by Crippen LogP contribution is 2.33. The van der Waals surface area contributed by atoms with Gasteiger partial charge in [-0.2, -0.15) is 0 Å². The summed E-state index contributed by atoms with van der Waals surface area (Å²) in [4.78, 5) is 4.59. The van der Waals surface area contributed by atoms with Crippen LogP contribution >= 0.6 is 0 Å². The van der Waals surface area contributed by atoms with Gasteiger partial charge in [-0.25, -0.2) is 4.98 Å². The molecular formula is C17H25N5O2Si. The van der Waals surface area contributed by atoms with Gasteiger partial charge < -0.3 is 19.0 Å². The van der Waals surface area contributed by atoms with Gasteiger partial charge in [-0.05, 0) is 12.1 Å². The standard InChI is InChI=1S/C17H25N5O2Si/c1-12-20-21-17(24-12)14-10-19-16-13(15(14)18-2)6-7-22(16)11-23-8-9-25(3,4)5/h6-7,10H,8-9,11H2,1-5H3,(H,18,19). The molecule has 0 atom stereocenters. The highest BCUT2D eigenvalue weighted by atomic mass is 28.3. The molecule has 3 heterocycles. The van der Waals surface area contributed by atoms with Gasteiger partial charge in [0, 0.05) is 46.4 Å². The van der Waals surface area contributed by atoms with E-state index in [0.717, 1.165) is 34.9 Å². The van der Waals surface area contributed by atoms with Gasteiger partial charge in [0.2, 0.25) is 5.89 Å². The van der Waals surface area contributed by atoms with Gasteiger partial charge in [0.05, 0.1) is 11.3 Å². The predicted octanol–water partition coefficient (Wildman–Crippen LogP) is 3.75. The highest BCUT2D eigenvalue weighted by molar-refractivity contribution is 6.76. The Morgan fingerprint density at radius 2 is 2.08 bits per heavy atom. The first-order valence-corrected chi connectivity index (χ1v) is 12.1. The summed E-state index contributed by atoms with van der Waals surface area (Å²) in [5, 5.41) is 12.2. The van der Waals surface area contributed by atoms with Gasteiger partial charge in [-0.15, -0.1) is 10.2 Å². The van der Waals surface area contributed by atoms with E-state index in [0.29, 0.717) is 18.5 Å². The molecule has 0 radical (unpaired) electrons. The Hall–Kier alpha value is -2.19. The molecular weight excluding hydrogens is 334 g/mol. The molecule has 1 N–H and O–H groups in total. The first-order valence-electron chi connectivity index (χ1n) is 8.43. The van der Waals surface area contributed by atoms with Gasteiger partial charge in [0.15, 0.2) is 0 Å². The molecule has 0 fully saturated rings. The van der Waals surface area contributed by atoms with E-state index in [1.165, 1.54) is 0 Å². The molecule has 3 rings (SSSR count). The number of pyridine rings is 1. The number of nitrogens with one attached hydrogen (secondary N) is 1. The van der Waals surface area contributed by atoms with Crippen LogP contribution in [0.4, 0.5) is 5.69 Å². The third kappa shape index (κ3) is 3.90. The Morgan fingerprint density at radius 1 is 1.28 bits per heavy atom. The van der Waals surface area contributed by atoms with Crippen LogP contribution in [0, 0.1) is 6.92 Å². The second kappa shape index (κ2) is 6.97. The highest BCUT2D eigenvalue weighted by Gasteiger charge is 2.17. The number of hydrogen-bond acceptors (Lipinski definition) is 6. The van der Waals surface area contributed by atoms with Crippen molar-refractivity contribution in [3.8, 4) is 11.5 Å². The number of aryl methyl sites for hydroxylation is 1. The van der Waals surface area contributed by atoms with Crippen molar-refractivity contribution in [3.05, 3.63) is 24.4 Å². The number of ether oxygens (including phenoxy) is 1. The van der Waals surface area contributed by atoms with Gasteiger partial charge in [0.25, 0.3) is 5.89 Å². The molecule has 0 unspecified atom stereocenters. The lowest BCUT2D eigenvalue weighted by atomic mass is 10.2. The molecule has 3 aromatic rings. The maximum Gasteiger partial charge on any atom is 0.251 e. The minimum absolute atomic E-state index is 0.468. The summed E-state index contributed by atoms with van der Waals surface area (Å²) in [6.07, 6.45) is 3.76. The summed E-state index contributed by atoms with van der Waals surface area (Å²) < 4.78 is 13.4. The van der Waals surface area contributed by atoms with E-state index in [-0.39, 0.29) is 0 Å². The largest absolute Gasteiger partial charge is 0.421 e. The molecule has 7 nitrogen and oxygen atoms in total. The Balaban J connectivity index is 1.84. The molecule has 3 aromatic heterocycles. The number of anilines is 1. The molecule has 0 bridgehead atoms. The molecule has 0 aliphatic carbocycles. The summed E-state index contributed by atoms with van der Waals surface area (Å²) in [6, 6.07) is 3.19. The smallest absolute Gasteiger partial charge is 0.251 e. The minimum atomic E-state index is -1.07. The van der Waals surface area contributed by atoms with Crippen molar-refractivity contribution in [2.75, 3.05) is 19.0 Å². The number of hydrogen-bond donors (Lipinski definition) is 1. The lowest BCUT2D eigenvalue weighted by molar-refractivity contribution is 0.0899. The Morgan fingerprint density at radius 3 is 2.72 bits per heavy atom. The summed E-state index contributed by atoms with van der Waals surface area (Å²) >= 11 is 0. The molecule has 8 heteroatoms. The van der Waals surface area contributed by atoms with Gasteiger partial charge in [0.1, 0.15) is 12.4 Å². The topological polar surface area (TPSA) is 78.0 Å². The fourth-order valence-corrected chi connectivity index (χ4v) is 3.38. The van der Waals surface area contributed by atoms with Crippen LogP contribution in [0.15, 0.2) is 22.9 Å². The second-order valence-corrected chi connectivity index (χ2v) is 12.9. The first kappa shape index (κ1) is 17.6. The van der Waals surface area contributed by atoms with E-state index < -0.39 is 8.07 Å². The number of nitrogens with zero attached hydrogens (tertiary/aromatic N) is 4. The fraction of sp³-hybridized carbons (Fsp3) is 0.471. The van der Waals surface area contributed by atoms with Crippen molar-refractivity contribution in [3.63, 3.8) is 0 Å². The molecule has 0 aromatic carbocycles. The monoisotopic (exact) mass is 359 g/mol. The summed E-state index contributed by atoms with van der Waals surface area (Å²) in [5.74, 6) is 1.00. The Bertz CT molecular complexity index is 866. The average molecular weight is 360 g/mol. The molecule has 0 amide bonds. The lowest BCUT2D eigenvalue weighted by Crippen LogP contribution is -2.22. The number of fused-ring (bicyclic) bond motifs is 1. The molecule has 25 heavy (non-hydrogen) atoms. The van der Waals surface area contributed by atoms with E-state index >= 15 is 0 Å². The van der Waals surface area contributed by atoms with Crippen LogP contribution < -0.4 is 5.32 Å². The quantitative estimate of drug-likeness (QED) is 0.511. The van der Waals surface area contributed by atoms with Gasteiger partial charge in [-0.1, -0.05) is 19.6 Å². The lowest BCUT2D eigenvalue weighted by Gasteiger charge is -2.15.